The summed E-state index contributed by atoms with van der Waals surface area (Å²) in [6.45, 7) is 2.12. The van der Waals surface area contributed by atoms with E-state index < -0.39 is 0 Å². The topological polar surface area (TPSA) is 55.0 Å². The first kappa shape index (κ1) is 12.1. The highest BCUT2D eigenvalue weighted by Crippen LogP contribution is 2.46. The molecule has 1 spiro atoms. The first-order chi connectivity index (χ1) is 9.77. The molecule has 1 aliphatic heterocycles. The summed E-state index contributed by atoms with van der Waals surface area (Å²) < 4.78 is 0. The van der Waals surface area contributed by atoms with Gasteiger partial charge in [0.05, 0.1) is 0 Å². The number of nitrogen functional groups attached to an aromatic ring is 1. The normalized spacial score (nSPS) is 20.3. The minimum Gasteiger partial charge on any atom is -0.374 e. The Balaban J connectivity index is 1.56. The van der Waals surface area contributed by atoms with E-state index in [0.29, 0.717) is 10.5 Å². The molecule has 0 saturated carbocycles. The van der Waals surface area contributed by atoms with Crippen molar-refractivity contribution >= 4 is 21.6 Å². The van der Waals surface area contributed by atoms with Crippen molar-refractivity contribution in [2.45, 2.75) is 31.1 Å². The summed E-state index contributed by atoms with van der Waals surface area (Å²) in [7, 11) is 0. The van der Waals surface area contributed by atoms with Gasteiger partial charge in [0.15, 0.2) is 0 Å². The second kappa shape index (κ2) is 4.45. The average molecular weight is 286 g/mol. The van der Waals surface area contributed by atoms with Crippen molar-refractivity contribution < 1.29 is 0 Å². The van der Waals surface area contributed by atoms with Gasteiger partial charge in [-0.25, -0.2) is 0 Å². The van der Waals surface area contributed by atoms with Crippen LogP contribution in [0.3, 0.4) is 0 Å². The molecular formula is C15H18N4S. The second-order valence-electron chi connectivity index (χ2n) is 5.85. The Morgan fingerprint density at radius 2 is 1.90 bits per heavy atom. The average Bonchev–Trinajstić information content (AvgIpc) is 3.06. The minimum absolute atomic E-state index is 0.406. The lowest BCUT2D eigenvalue weighted by Gasteiger charge is -2.40. The van der Waals surface area contributed by atoms with Crippen LogP contribution >= 0.6 is 11.3 Å². The second-order valence-corrected chi connectivity index (χ2v) is 6.83. The van der Waals surface area contributed by atoms with Gasteiger partial charge in [-0.15, -0.1) is 10.2 Å². The lowest BCUT2D eigenvalue weighted by atomic mass is 9.74. The summed E-state index contributed by atoms with van der Waals surface area (Å²) in [5, 5.41) is 9.63. The van der Waals surface area contributed by atoms with E-state index in [1.54, 1.807) is 11.1 Å². The van der Waals surface area contributed by atoms with Crippen LogP contribution in [0.5, 0.6) is 0 Å². The molecule has 1 fully saturated rings. The zero-order valence-corrected chi connectivity index (χ0v) is 12.2. The van der Waals surface area contributed by atoms with Crippen LogP contribution in [0.25, 0.3) is 0 Å². The number of fused-ring (bicyclic) bond motifs is 2. The number of anilines is 2. The van der Waals surface area contributed by atoms with Gasteiger partial charge >= 0.3 is 0 Å². The van der Waals surface area contributed by atoms with E-state index in [-0.39, 0.29) is 0 Å². The molecule has 0 bridgehead atoms. The lowest BCUT2D eigenvalue weighted by Crippen LogP contribution is -2.41. The van der Waals surface area contributed by atoms with E-state index in [1.165, 1.54) is 37.0 Å². The first-order valence-electron chi connectivity index (χ1n) is 7.19. The summed E-state index contributed by atoms with van der Waals surface area (Å²) in [5.74, 6) is 0. The molecule has 4 rings (SSSR count). The SMILES string of the molecule is Nc1nnc(N2CCC3(CCc4ccccc43)CC2)s1. The fourth-order valence-corrected chi connectivity index (χ4v) is 4.43. The van der Waals surface area contributed by atoms with Gasteiger partial charge in [-0.2, -0.15) is 0 Å². The molecule has 5 heteroatoms. The maximum atomic E-state index is 5.68. The molecule has 0 unspecified atom stereocenters. The van der Waals surface area contributed by atoms with Crippen LogP contribution in [0.4, 0.5) is 10.3 Å². The molecule has 1 aromatic carbocycles. The number of hydrogen-bond donors (Lipinski definition) is 1. The maximum absolute atomic E-state index is 5.68. The van der Waals surface area contributed by atoms with Crippen LogP contribution in [0.15, 0.2) is 24.3 Å². The highest BCUT2D eigenvalue weighted by Gasteiger charge is 2.41. The fraction of sp³-hybridized carbons (Fsp3) is 0.467. The largest absolute Gasteiger partial charge is 0.374 e. The molecule has 0 atom stereocenters. The zero-order valence-electron chi connectivity index (χ0n) is 11.4. The molecule has 0 radical (unpaired) electrons. The van der Waals surface area contributed by atoms with E-state index in [9.17, 15) is 0 Å². The smallest absolute Gasteiger partial charge is 0.209 e. The van der Waals surface area contributed by atoms with Gasteiger partial charge in [0, 0.05) is 13.1 Å². The summed E-state index contributed by atoms with van der Waals surface area (Å²) in [6.07, 6.45) is 4.97. The zero-order chi connectivity index (χ0) is 13.6. The third-order valence-electron chi connectivity index (χ3n) is 4.88. The predicted molar refractivity (Wildman–Crippen MR) is 82.2 cm³/mol. The highest BCUT2D eigenvalue weighted by molar-refractivity contribution is 7.18. The molecule has 1 aliphatic carbocycles. The van der Waals surface area contributed by atoms with Crippen molar-refractivity contribution in [2.24, 2.45) is 0 Å². The van der Waals surface area contributed by atoms with Crippen LogP contribution in [0.1, 0.15) is 30.4 Å². The Morgan fingerprint density at radius 3 is 2.65 bits per heavy atom. The molecule has 1 saturated heterocycles. The third-order valence-corrected chi connectivity index (χ3v) is 5.70. The van der Waals surface area contributed by atoms with E-state index in [4.69, 9.17) is 5.73 Å². The number of hydrogen-bond acceptors (Lipinski definition) is 5. The maximum Gasteiger partial charge on any atom is 0.209 e. The summed E-state index contributed by atoms with van der Waals surface area (Å²) >= 11 is 1.49. The Morgan fingerprint density at radius 1 is 1.10 bits per heavy atom. The van der Waals surface area contributed by atoms with Gasteiger partial charge in [-0.05, 0) is 42.2 Å². The van der Waals surface area contributed by atoms with Crippen LogP contribution in [-0.2, 0) is 11.8 Å². The quantitative estimate of drug-likeness (QED) is 0.875. The molecule has 104 valence electrons. The number of nitrogens with zero attached hydrogens (tertiary/aromatic N) is 3. The van der Waals surface area contributed by atoms with Gasteiger partial charge in [-0.1, -0.05) is 35.6 Å². The number of aryl methyl sites for hydroxylation is 1. The first-order valence-corrected chi connectivity index (χ1v) is 8.01. The lowest BCUT2D eigenvalue weighted by molar-refractivity contribution is 0.330. The van der Waals surface area contributed by atoms with Crippen molar-refractivity contribution in [1.82, 2.24) is 10.2 Å². The Hall–Kier alpha value is -1.62. The van der Waals surface area contributed by atoms with Crippen molar-refractivity contribution in [3.05, 3.63) is 35.4 Å². The molecule has 2 N–H and O–H groups in total. The van der Waals surface area contributed by atoms with Crippen molar-refractivity contribution in [3.8, 4) is 0 Å². The van der Waals surface area contributed by atoms with Crippen LogP contribution in [-0.4, -0.2) is 23.3 Å². The van der Waals surface area contributed by atoms with E-state index in [2.05, 4.69) is 39.4 Å². The van der Waals surface area contributed by atoms with E-state index in [1.807, 2.05) is 0 Å². The molecule has 0 amide bonds. The Labute approximate surface area is 122 Å². The molecule has 2 heterocycles. The number of piperidine rings is 1. The molecule has 20 heavy (non-hydrogen) atoms. The Bertz CT molecular complexity index is 628. The monoisotopic (exact) mass is 286 g/mol. The van der Waals surface area contributed by atoms with Crippen LogP contribution < -0.4 is 10.6 Å². The molecular weight excluding hydrogens is 268 g/mol. The summed E-state index contributed by atoms with van der Waals surface area (Å²) in [4.78, 5) is 2.33. The Kier molecular flexibility index (Phi) is 2.70. The fourth-order valence-electron chi connectivity index (χ4n) is 3.76. The van der Waals surface area contributed by atoms with E-state index >= 15 is 0 Å². The third kappa shape index (κ3) is 1.80. The van der Waals surface area contributed by atoms with Gasteiger partial charge in [0.2, 0.25) is 10.3 Å². The minimum atomic E-state index is 0.406. The van der Waals surface area contributed by atoms with Gasteiger partial charge in [0.1, 0.15) is 0 Å². The van der Waals surface area contributed by atoms with Gasteiger partial charge < -0.3 is 10.6 Å². The van der Waals surface area contributed by atoms with Crippen LogP contribution in [0.2, 0.25) is 0 Å². The summed E-state index contributed by atoms with van der Waals surface area (Å²) in [5.41, 5.74) is 9.24. The van der Waals surface area contributed by atoms with Crippen LogP contribution in [0, 0.1) is 0 Å². The summed E-state index contributed by atoms with van der Waals surface area (Å²) in [6, 6.07) is 8.98. The van der Waals surface area contributed by atoms with Crippen molar-refractivity contribution in [3.63, 3.8) is 0 Å². The van der Waals surface area contributed by atoms with Crippen molar-refractivity contribution in [1.29, 1.82) is 0 Å². The van der Waals surface area contributed by atoms with Crippen molar-refractivity contribution in [2.75, 3.05) is 23.7 Å². The molecule has 2 aliphatic rings. The number of benzene rings is 1. The molecule has 1 aromatic heterocycles. The van der Waals surface area contributed by atoms with Gasteiger partial charge in [-0.3, -0.25) is 0 Å². The number of rotatable bonds is 1. The number of nitrogens with two attached hydrogens (primary N) is 1. The number of aromatic nitrogens is 2. The highest BCUT2D eigenvalue weighted by atomic mass is 32.1. The standard InChI is InChI=1S/C15H18N4S/c16-13-17-18-14(20-13)19-9-7-15(8-10-19)6-5-11-3-1-2-4-12(11)15/h1-4H,5-10H2,(H2,16,17). The predicted octanol–water partition coefficient (Wildman–Crippen LogP) is 2.60. The molecule has 2 aromatic rings. The van der Waals surface area contributed by atoms with E-state index in [0.717, 1.165) is 18.2 Å². The molecule has 4 nitrogen and oxygen atoms in total. The van der Waals surface area contributed by atoms with Gasteiger partial charge in [0.25, 0.3) is 0 Å².